The molecule has 1 aliphatic heterocycles. The van der Waals surface area contributed by atoms with Gasteiger partial charge in [0, 0.05) is 24.1 Å². The van der Waals surface area contributed by atoms with Crippen LogP contribution < -0.4 is 0 Å². The summed E-state index contributed by atoms with van der Waals surface area (Å²) in [6.45, 7) is 3.60. The Balaban J connectivity index is 1.79. The standard InChI is InChI=1S/C17H21N3O2/c1-13-15(17(21)22)8-5-10-19(13)12-16-18-9-11-20(16)14-6-3-2-4-7-14/h2-4,6-7,9,11,13,15H,5,8,10,12H2,1H3,(H,21,22)/t13-,15-/m1/s1. The van der Waals surface area contributed by atoms with Gasteiger partial charge in [-0.2, -0.15) is 0 Å². The summed E-state index contributed by atoms with van der Waals surface area (Å²) < 4.78 is 2.07. The molecule has 2 atom stereocenters. The van der Waals surface area contributed by atoms with Crippen molar-refractivity contribution in [3.63, 3.8) is 0 Å². The highest BCUT2D eigenvalue weighted by Gasteiger charge is 2.33. The summed E-state index contributed by atoms with van der Waals surface area (Å²) in [6.07, 6.45) is 5.44. The molecule has 1 aliphatic rings. The number of likely N-dealkylation sites (tertiary alicyclic amines) is 1. The highest BCUT2D eigenvalue weighted by Crippen LogP contribution is 2.25. The van der Waals surface area contributed by atoms with Crippen molar-refractivity contribution in [3.8, 4) is 5.69 Å². The van der Waals surface area contributed by atoms with Crippen LogP contribution >= 0.6 is 0 Å². The van der Waals surface area contributed by atoms with E-state index >= 15 is 0 Å². The first-order valence-electron chi connectivity index (χ1n) is 7.71. The molecule has 0 aliphatic carbocycles. The van der Waals surface area contributed by atoms with Gasteiger partial charge >= 0.3 is 5.97 Å². The molecule has 0 spiro atoms. The van der Waals surface area contributed by atoms with Crippen LogP contribution in [0.1, 0.15) is 25.6 Å². The average molecular weight is 299 g/mol. The summed E-state index contributed by atoms with van der Waals surface area (Å²) in [7, 11) is 0. The fourth-order valence-corrected chi connectivity index (χ4v) is 3.22. The Morgan fingerprint density at radius 2 is 2.14 bits per heavy atom. The van der Waals surface area contributed by atoms with Gasteiger partial charge < -0.3 is 9.67 Å². The minimum atomic E-state index is -0.691. The van der Waals surface area contributed by atoms with Gasteiger partial charge in [-0.3, -0.25) is 9.69 Å². The molecule has 3 rings (SSSR count). The van der Waals surface area contributed by atoms with Gasteiger partial charge in [0.05, 0.1) is 12.5 Å². The number of benzene rings is 1. The van der Waals surface area contributed by atoms with Crippen molar-refractivity contribution in [2.24, 2.45) is 5.92 Å². The van der Waals surface area contributed by atoms with E-state index in [-0.39, 0.29) is 12.0 Å². The predicted octanol–water partition coefficient (Wildman–Crippen LogP) is 2.56. The lowest BCUT2D eigenvalue weighted by Crippen LogP contribution is -2.46. The third-order valence-electron chi connectivity index (χ3n) is 4.53. The summed E-state index contributed by atoms with van der Waals surface area (Å²) >= 11 is 0. The number of nitrogens with zero attached hydrogens (tertiary/aromatic N) is 3. The number of aromatic nitrogens is 2. The fourth-order valence-electron chi connectivity index (χ4n) is 3.22. The van der Waals surface area contributed by atoms with Crippen LogP contribution in [0.2, 0.25) is 0 Å². The Labute approximate surface area is 130 Å². The fraction of sp³-hybridized carbons (Fsp3) is 0.412. The number of imidazole rings is 1. The molecule has 116 valence electrons. The molecule has 0 radical (unpaired) electrons. The van der Waals surface area contributed by atoms with Crippen molar-refractivity contribution in [3.05, 3.63) is 48.5 Å². The highest BCUT2D eigenvalue weighted by molar-refractivity contribution is 5.70. The van der Waals surface area contributed by atoms with Crippen LogP contribution in [-0.2, 0) is 11.3 Å². The van der Waals surface area contributed by atoms with E-state index in [2.05, 4.69) is 14.5 Å². The lowest BCUT2D eigenvalue weighted by molar-refractivity contribution is -0.145. The maximum atomic E-state index is 11.4. The minimum absolute atomic E-state index is 0.0344. The maximum Gasteiger partial charge on any atom is 0.308 e. The lowest BCUT2D eigenvalue weighted by atomic mass is 9.90. The van der Waals surface area contributed by atoms with E-state index in [4.69, 9.17) is 0 Å². The van der Waals surface area contributed by atoms with Crippen LogP contribution in [0.5, 0.6) is 0 Å². The first-order chi connectivity index (χ1) is 10.7. The molecule has 1 saturated heterocycles. The number of rotatable bonds is 4. The normalized spacial score (nSPS) is 22.6. The average Bonchev–Trinajstić information content (AvgIpc) is 2.98. The molecule has 1 fully saturated rings. The van der Waals surface area contributed by atoms with Crippen LogP contribution in [0.25, 0.3) is 5.69 Å². The second-order valence-electron chi connectivity index (χ2n) is 5.85. The van der Waals surface area contributed by atoms with Crippen LogP contribution in [0.15, 0.2) is 42.7 Å². The van der Waals surface area contributed by atoms with Crippen molar-refractivity contribution in [2.45, 2.75) is 32.4 Å². The molecule has 5 heteroatoms. The van der Waals surface area contributed by atoms with Crippen molar-refractivity contribution in [2.75, 3.05) is 6.54 Å². The van der Waals surface area contributed by atoms with E-state index in [9.17, 15) is 9.90 Å². The Morgan fingerprint density at radius 3 is 2.86 bits per heavy atom. The number of carbonyl (C=O) groups is 1. The van der Waals surface area contributed by atoms with Crippen LogP contribution in [0, 0.1) is 5.92 Å². The van der Waals surface area contributed by atoms with Gasteiger partial charge in [0.1, 0.15) is 5.82 Å². The Morgan fingerprint density at radius 1 is 1.36 bits per heavy atom. The second kappa shape index (κ2) is 6.32. The number of aliphatic carboxylic acids is 1. The molecule has 0 unspecified atom stereocenters. The monoisotopic (exact) mass is 299 g/mol. The maximum absolute atomic E-state index is 11.4. The summed E-state index contributed by atoms with van der Waals surface area (Å²) in [5, 5.41) is 9.34. The Hall–Kier alpha value is -2.14. The Bertz CT molecular complexity index is 638. The largest absolute Gasteiger partial charge is 0.481 e. The lowest BCUT2D eigenvalue weighted by Gasteiger charge is -2.37. The molecule has 1 aromatic carbocycles. The third-order valence-corrected chi connectivity index (χ3v) is 4.53. The zero-order valence-corrected chi connectivity index (χ0v) is 12.7. The number of carboxylic acid groups (broad SMARTS) is 1. The van der Waals surface area contributed by atoms with E-state index in [1.807, 2.05) is 43.5 Å². The SMILES string of the molecule is C[C@@H]1[C@H](C(=O)O)CCCN1Cc1nccn1-c1ccccc1. The number of carboxylic acids is 1. The molecule has 2 aromatic rings. The molecule has 0 saturated carbocycles. The van der Waals surface area contributed by atoms with Crippen LogP contribution in [0.4, 0.5) is 0 Å². The molecule has 22 heavy (non-hydrogen) atoms. The Kier molecular flexibility index (Phi) is 4.24. The first kappa shape index (κ1) is 14.8. The van der Waals surface area contributed by atoms with E-state index in [1.165, 1.54) is 0 Å². The zero-order valence-electron chi connectivity index (χ0n) is 12.7. The number of hydrogen-bond donors (Lipinski definition) is 1. The van der Waals surface area contributed by atoms with Crippen molar-refractivity contribution < 1.29 is 9.90 Å². The molecule has 0 amide bonds. The van der Waals surface area contributed by atoms with Gasteiger partial charge in [-0.15, -0.1) is 0 Å². The molecule has 1 N–H and O–H groups in total. The minimum Gasteiger partial charge on any atom is -0.481 e. The van der Waals surface area contributed by atoms with Gasteiger partial charge in [0.15, 0.2) is 0 Å². The summed E-state index contributed by atoms with van der Waals surface area (Å²) in [5.74, 6) is -0.0263. The third kappa shape index (κ3) is 2.90. The van der Waals surface area contributed by atoms with Gasteiger partial charge in [-0.1, -0.05) is 18.2 Å². The summed E-state index contributed by atoms with van der Waals surface area (Å²) in [4.78, 5) is 18.0. The van der Waals surface area contributed by atoms with Crippen LogP contribution in [0.3, 0.4) is 0 Å². The van der Waals surface area contributed by atoms with Crippen molar-refractivity contribution in [1.82, 2.24) is 14.5 Å². The zero-order chi connectivity index (χ0) is 15.5. The van der Waals surface area contributed by atoms with Gasteiger partial charge in [-0.05, 0) is 38.4 Å². The molecule has 2 heterocycles. The van der Waals surface area contributed by atoms with Crippen molar-refractivity contribution >= 4 is 5.97 Å². The first-order valence-corrected chi connectivity index (χ1v) is 7.71. The van der Waals surface area contributed by atoms with Crippen LogP contribution in [-0.4, -0.2) is 38.1 Å². The van der Waals surface area contributed by atoms with Gasteiger partial charge in [0.2, 0.25) is 0 Å². The summed E-state index contributed by atoms with van der Waals surface area (Å²) in [5.41, 5.74) is 1.08. The number of piperidine rings is 1. The summed E-state index contributed by atoms with van der Waals surface area (Å²) in [6, 6.07) is 10.1. The number of para-hydroxylation sites is 1. The molecule has 5 nitrogen and oxygen atoms in total. The second-order valence-corrected chi connectivity index (χ2v) is 5.85. The van der Waals surface area contributed by atoms with E-state index in [0.717, 1.165) is 30.9 Å². The van der Waals surface area contributed by atoms with E-state index < -0.39 is 5.97 Å². The topological polar surface area (TPSA) is 58.4 Å². The quantitative estimate of drug-likeness (QED) is 0.942. The van der Waals surface area contributed by atoms with Crippen molar-refractivity contribution in [1.29, 1.82) is 0 Å². The molecule has 1 aromatic heterocycles. The predicted molar refractivity (Wildman–Crippen MR) is 83.8 cm³/mol. The van der Waals surface area contributed by atoms with E-state index in [0.29, 0.717) is 6.54 Å². The molecular formula is C17H21N3O2. The van der Waals surface area contributed by atoms with E-state index in [1.54, 1.807) is 6.20 Å². The van der Waals surface area contributed by atoms with Gasteiger partial charge in [0.25, 0.3) is 0 Å². The highest BCUT2D eigenvalue weighted by atomic mass is 16.4. The number of hydrogen-bond acceptors (Lipinski definition) is 3. The molecular weight excluding hydrogens is 278 g/mol. The smallest absolute Gasteiger partial charge is 0.308 e. The molecule has 0 bridgehead atoms. The van der Waals surface area contributed by atoms with Gasteiger partial charge in [-0.25, -0.2) is 4.98 Å².